The first-order chi connectivity index (χ1) is 11.1. The second-order valence-corrected chi connectivity index (χ2v) is 6.24. The SMILES string of the molecule is Cc1noc(CN2CCN(CC(O)c3ccccc3)C(C)C2)n1. The number of aryl methyl sites for hydroxylation is 1. The van der Waals surface area contributed by atoms with Crippen LogP contribution in [0.25, 0.3) is 0 Å². The highest BCUT2D eigenvalue weighted by Crippen LogP contribution is 2.18. The van der Waals surface area contributed by atoms with Crippen molar-refractivity contribution in [2.45, 2.75) is 32.5 Å². The average molecular weight is 316 g/mol. The lowest BCUT2D eigenvalue weighted by Crippen LogP contribution is -2.52. The molecule has 0 radical (unpaired) electrons. The smallest absolute Gasteiger partial charge is 0.240 e. The quantitative estimate of drug-likeness (QED) is 0.904. The van der Waals surface area contributed by atoms with Crippen molar-refractivity contribution in [1.82, 2.24) is 19.9 Å². The zero-order chi connectivity index (χ0) is 16.2. The lowest BCUT2D eigenvalue weighted by atomic mass is 10.1. The first-order valence-electron chi connectivity index (χ1n) is 8.10. The van der Waals surface area contributed by atoms with Gasteiger partial charge in [-0.15, -0.1) is 0 Å². The molecule has 2 heterocycles. The van der Waals surface area contributed by atoms with E-state index < -0.39 is 6.10 Å². The number of aliphatic hydroxyl groups excluding tert-OH is 1. The number of hydrogen-bond acceptors (Lipinski definition) is 6. The van der Waals surface area contributed by atoms with Gasteiger partial charge in [-0.3, -0.25) is 9.80 Å². The van der Waals surface area contributed by atoms with Gasteiger partial charge >= 0.3 is 0 Å². The van der Waals surface area contributed by atoms with Gasteiger partial charge < -0.3 is 9.63 Å². The minimum Gasteiger partial charge on any atom is -0.387 e. The zero-order valence-corrected chi connectivity index (χ0v) is 13.7. The molecule has 1 saturated heterocycles. The summed E-state index contributed by atoms with van der Waals surface area (Å²) >= 11 is 0. The molecule has 2 atom stereocenters. The van der Waals surface area contributed by atoms with Gasteiger partial charge in [0.15, 0.2) is 5.82 Å². The number of piperazine rings is 1. The van der Waals surface area contributed by atoms with Crippen LogP contribution < -0.4 is 0 Å². The Morgan fingerprint density at radius 3 is 2.74 bits per heavy atom. The molecule has 1 aromatic carbocycles. The molecule has 1 aliphatic rings. The summed E-state index contributed by atoms with van der Waals surface area (Å²) in [5.74, 6) is 1.35. The largest absolute Gasteiger partial charge is 0.387 e. The van der Waals surface area contributed by atoms with Gasteiger partial charge in [-0.1, -0.05) is 35.5 Å². The number of hydrogen-bond donors (Lipinski definition) is 1. The van der Waals surface area contributed by atoms with Crippen molar-refractivity contribution in [2.75, 3.05) is 26.2 Å². The van der Waals surface area contributed by atoms with Gasteiger partial charge in [-0.05, 0) is 19.4 Å². The molecule has 1 N–H and O–H groups in total. The van der Waals surface area contributed by atoms with Crippen molar-refractivity contribution in [1.29, 1.82) is 0 Å². The highest BCUT2D eigenvalue weighted by Gasteiger charge is 2.26. The molecular formula is C17H24N4O2. The molecule has 6 nitrogen and oxygen atoms in total. The van der Waals surface area contributed by atoms with Gasteiger partial charge in [0.25, 0.3) is 0 Å². The molecule has 2 aromatic rings. The fraction of sp³-hybridized carbons (Fsp3) is 0.529. The first-order valence-corrected chi connectivity index (χ1v) is 8.10. The van der Waals surface area contributed by atoms with Crippen LogP contribution in [0.15, 0.2) is 34.9 Å². The number of benzene rings is 1. The van der Waals surface area contributed by atoms with Gasteiger partial charge in [0.05, 0.1) is 12.6 Å². The molecule has 2 unspecified atom stereocenters. The third-order valence-electron chi connectivity index (χ3n) is 4.37. The third-order valence-corrected chi connectivity index (χ3v) is 4.37. The standard InChI is InChI=1S/C17H24N4O2/c1-13-10-20(12-17-18-14(2)19-23-17)8-9-21(13)11-16(22)15-6-4-3-5-7-15/h3-7,13,16,22H,8-12H2,1-2H3. The number of aliphatic hydroxyl groups is 1. The van der Waals surface area contributed by atoms with Crippen LogP contribution in [0.4, 0.5) is 0 Å². The molecule has 0 amide bonds. The Bertz CT molecular complexity index is 616. The Labute approximate surface area is 136 Å². The number of rotatable bonds is 5. The lowest BCUT2D eigenvalue weighted by Gasteiger charge is -2.40. The van der Waals surface area contributed by atoms with E-state index in [1.165, 1.54) is 0 Å². The average Bonchev–Trinajstić information content (AvgIpc) is 2.96. The molecule has 1 fully saturated rings. The maximum atomic E-state index is 10.4. The molecule has 0 aliphatic carbocycles. The van der Waals surface area contributed by atoms with Crippen LogP contribution >= 0.6 is 0 Å². The Morgan fingerprint density at radius 2 is 2.09 bits per heavy atom. The van der Waals surface area contributed by atoms with Crippen LogP contribution in [0, 0.1) is 6.92 Å². The molecule has 6 heteroatoms. The van der Waals surface area contributed by atoms with Crippen LogP contribution in [0.3, 0.4) is 0 Å². The maximum Gasteiger partial charge on any atom is 0.240 e. The summed E-state index contributed by atoms with van der Waals surface area (Å²) in [6.07, 6.45) is -0.441. The minimum atomic E-state index is -0.441. The van der Waals surface area contributed by atoms with E-state index in [0.717, 1.165) is 25.2 Å². The van der Waals surface area contributed by atoms with Gasteiger partial charge in [0, 0.05) is 32.2 Å². The van der Waals surface area contributed by atoms with E-state index in [2.05, 4.69) is 26.9 Å². The topological polar surface area (TPSA) is 65.6 Å². The van der Waals surface area contributed by atoms with E-state index in [4.69, 9.17) is 4.52 Å². The lowest BCUT2D eigenvalue weighted by molar-refractivity contribution is 0.0328. The Morgan fingerprint density at radius 1 is 1.30 bits per heavy atom. The van der Waals surface area contributed by atoms with Crippen LogP contribution in [-0.4, -0.2) is 57.3 Å². The number of aromatic nitrogens is 2. The molecule has 1 aromatic heterocycles. The third kappa shape index (κ3) is 4.16. The van der Waals surface area contributed by atoms with Gasteiger partial charge in [-0.2, -0.15) is 4.98 Å². The maximum absolute atomic E-state index is 10.4. The molecular weight excluding hydrogens is 292 g/mol. The molecule has 0 spiro atoms. The van der Waals surface area contributed by atoms with Crippen molar-refractivity contribution in [3.05, 3.63) is 47.6 Å². The predicted octanol–water partition coefficient (Wildman–Crippen LogP) is 1.62. The molecule has 124 valence electrons. The van der Waals surface area contributed by atoms with Crippen molar-refractivity contribution in [2.24, 2.45) is 0 Å². The van der Waals surface area contributed by atoms with Crippen molar-refractivity contribution >= 4 is 0 Å². The number of β-amino-alcohol motifs (C(OH)–C–C–N with tert-alkyl or cyclic N) is 1. The fourth-order valence-corrected chi connectivity index (χ4v) is 3.08. The second kappa shape index (κ2) is 7.21. The van der Waals surface area contributed by atoms with Crippen molar-refractivity contribution in [3.63, 3.8) is 0 Å². The van der Waals surface area contributed by atoms with Crippen LogP contribution in [0.2, 0.25) is 0 Å². The van der Waals surface area contributed by atoms with Crippen molar-refractivity contribution < 1.29 is 9.63 Å². The number of nitrogens with zero attached hydrogens (tertiary/aromatic N) is 4. The highest BCUT2D eigenvalue weighted by molar-refractivity contribution is 5.17. The van der Waals surface area contributed by atoms with Crippen LogP contribution in [0.1, 0.15) is 30.3 Å². The Hall–Kier alpha value is -1.76. The monoisotopic (exact) mass is 316 g/mol. The summed E-state index contributed by atoms with van der Waals surface area (Å²) < 4.78 is 5.20. The molecule has 0 bridgehead atoms. The summed E-state index contributed by atoms with van der Waals surface area (Å²) in [7, 11) is 0. The highest BCUT2D eigenvalue weighted by atomic mass is 16.5. The van der Waals surface area contributed by atoms with E-state index >= 15 is 0 Å². The van der Waals surface area contributed by atoms with Gasteiger partial charge in [0.1, 0.15) is 0 Å². The van der Waals surface area contributed by atoms with Gasteiger partial charge in [-0.25, -0.2) is 0 Å². The summed E-state index contributed by atoms with van der Waals surface area (Å²) in [6, 6.07) is 10.2. The summed E-state index contributed by atoms with van der Waals surface area (Å²) in [5.41, 5.74) is 0.975. The van der Waals surface area contributed by atoms with Crippen molar-refractivity contribution in [3.8, 4) is 0 Å². The van der Waals surface area contributed by atoms with E-state index in [1.807, 2.05) is 37.3 Å². The van der Waals surface area contributed by atoms with Crippen LogP contribution in [0.5, 0.6) is 0 Å². The molecule has 1 aliphatic heterocycles. The predicted molar refractivity (Wildman–Crippen MR) is 86.7 cm³/mol. The second-order valence-electron chi connectivity index (χ2n) is 6.24. The van der Waals surface area contributed by atoms with Crippen LogP contribution in [-0.2, 0) is 6.54 Å². The van der Waals surface area contributed by atoms with E-state index in [-0.39, 0.29) is 0 Å². The Kier molecular flexibility index (Phi) is 5.05. The first kappa shape index (κ1) is 16.1. The van der Waals surface area contributed by atoms with E-state index in [9.17, 15) is 5.11 Å². The summed E-state index contributed by atoms with van der Waals surface area (Å²) in [5, 5.41) is 14.2. The zero-order valence-electron chi connectivity index (χ0n) is 13.7. The summed E-state index contributed by atoms with van der Waals surface area (Å²) in [4.78, 5) is 8.93. The Balaban J connectivity index is 1.52. The minimum absolute atomic E-state index is 0.381. The molecule has 3 rings (SSSR count). The fourth-order valence-electron chi connectivity index (χ4n) is 3.08. The molecule has 23 heavy (non-hydrogen) atoms. The van der Waals surface area contributed by atoms with E-state index in [0.29, 0.717) is 30.8 Å². The normalized spacial score (nSPS) is 21.4. The van der Waals surface area contributed by atoms with E-state index in [1.54, 1.807) is 0 Å². The molecule has 0 saturated carbocycles. The summed E-state index contributed by atoms with van der Waals surface area (Å²) in [6.45, 7) is 8.19. The van der Waals surface area contributed by atoms with Gasteiger partial charge in [0.2, 0.25) is 5.89 Å².